The van der Waals surface area contributed by atoms with E-state index in [0.29, 0.717) is 6.04 Å². The molecule has 1 heterocycles. The van der Waals surface area contributed by atoms with Gasteiger partial charge in [0, 0.05) is 18.4 Å². The SMILES string of the molecule is C[C@@H](C(=O)NC(C1CC1)C1CC1)n1ccnc1. The van der Waals surface area contributed by atoms with Gasteiger partial charge in [-0.3, -0.25) is 4.79 Å². The molecule has 92 valence electrons. The molecule has 0 aliphatic heterocycles. The Morgan fingerprint density at radius 3 is 2.47 bits per heavy atom. The molecule has 4 heteroatoms. The molecule has 0 aromatic carbocycles. The number of carbonyl (C=O) groups is 1. The maximum Gasteiger partial charge on any atom is 0.243 e. The molecule has 1 aromatic heterocycles. The largest absolute Gasteiger partial charge is 0.351 e. The molecule has 0 radical (unpaired) electrons. The number of aromatic nitrogens is 2. The molecule has 1 N–H and O–H groups in total. The third-order valence-electron chi connectivity index (χ3n) is 3.92. The normalized spacial score (nSPS) is 21.5. The van der Waals surface area contributed by atoms with Gasteiger partial charge in [0.2, 0.25) is 5.91 Å². The van der Waals surface area contributed by atoms with Crippen LogP contribution < -0.4 is 5.32 Å². The maximum atomic E-state index is 12.2. The van der Waals surface area contributed by atoms with E-state index in [2.05, 4.69) is 10.3 Å². The zero-order valence-electron chi connectivity index (χ0n) is 10.2. The minimum absolute atomic E-state index is 0.131. The first-order valence-electron chi connectivity index (χ1n) is 6.53. The van der Waals surface area contributed by atoms with Gasteiger partial charge in [-0.15, -0.1) is 0 Å². The van der Waals surface area contributed by atoms with Gasteiger partial charge in [-0.05, 0) is 44.4 Å². The van der Waals surface area contributed by atoms with E-state index in [9.17, 15) is 4.79 Å². The number of hydrogen-bond acceptors (Lipinski definition) is 2. The fraction of sp³-hybridized carbons (Fsp3) is 0.692. The molecule has 4 nitrogen and oxygen atoms in total. The second-order valence-electron chi connectivity index (χ2n) is 5.40. The van der Waals surface area contributed by atoms with Crippen molar-refractivity contribution in [2.24, 2.45) is 11.8 Å². The average Bonchev–Trinajstić information content (AvgIpc) is 3.25. The highest BCUT2D eigenvalue weighted by atomic mass is 16.2. The number of carbonyl (C=O) groups excluding carboxylic acids is 1. The molecule has 0 saturated heterocycles. The van der Waals surface area contributed by atoms with Gasteiger partial charge in [0.15, 0.2) is 0 Å². The lowest BCUT2D eigenvalue weighted by Crippen LogP contribution is -2.41. The smallest absolute Gasteiger partial charge is 0.243 e. The highest BCUT2D eigenvalue weighted by molar-refractivity contribution is 5.80. The molecule has 2 saturated carbocycles. The molecular formula is C13H19N3O. The lowest BCUT2D eigenvalue weighted by molar-refractivity contribution is -0.124. The minimum Gasteiger partial charge on any atom is -0.351 e. The van der Waals surface area contributed by atoms with Gasteiger partial charge in [-0.2, -0.15) is 0 Å². The van der Waals surface area contributed by atoms with Crippen LogP contribution in [-0.4, -0.2) is 21.5 Å². The van der Waals surface area contributed by atoms with E-state index < -0.39 is 0 Å². The zero-order valence-corrected chi connectivity index (χ0v) is 10.2. The third-order valence-corrected chi connectivity index (χ3v) is 3.92. The van der Waals surface area contributed by atoms with Crippen LogP contribution in [0.15, 0.2) is 18.7 Å². The van der Waals surface area contributed by atoms with E-state index in [1.165, 1.54) is 25.7 Å². The first kappa shape index (κ1) is 10.8. The second-order valence-corrected chi connectivity index (χ2v) is 5.40. The quantitative estimate of drug-likeness (QED) is 0.842. The number of imidazole rings is 1. The second kappa shape index (κ2) is 4.17. The lowest BCUT2D eigenvalue weighted by atomic mass is 10.1. The van der Waals surface area contributed by atoms with Gasteiger partial charge >= 0.3 is 0 Å². The summed E-state index contributed by atoms with van der Waals surface area (Å²) in [5.74, 6) is 1.63. The van der Waals surface area contributed by atoms with E-state index in [1.54, 1.807) is 12.5 Å². The van der Waals surface area contributed by atoms with Gasteiger partial charge in [-0.1, -0.05) is 0 Å². The van der Waals surface area contributed by atoms with Crippen LogP contribution in [0.25, 0.3) is 0 Å². The predicted octanol–water partition coefficient (Wildman–Crippen LogP) is 1.75. The Morgan fingerprint density at radius 1 is 1.35 bits per heavy atom. The number of hydrogen-bond donors (Lipinski definition) is 1. The van der Waals surface area contributed by atoms with Gasteiger partial charge in [-0.25, -0.2) is 4.98 Å². The van der Waals surface area contributed by atoms with Crippen molar-refractivity contribution in [2.45, 2.75) is 44.7 Å². The van der Waals surface area contributed by atoms with Crippen LogP contribution in [0.4, 0.5) is 0 Å². The van der Waals surface area contributed by atoms with Crippen LogP contribution >= 0.6 is 0 Å². The highest BCUT2D eigenvalue weighted by Crippen LogP contribution is 2.44. The summed E-state index contributed by atoms with van der Waals surface area (Å²) in [6.07, 6.45) is 10.4. The molecule has 0 unspecified atom stereocenters. The lowest BCUT2D eigenvalue weighted by Gasteiger charge is -2.21. The third kappa shape index (κ3) is 2.35. The monoisotopic (exact) mass is 233 g/mol. The predicted molar refractivity (Wildman–Crippen MR) is 64.3 cm³/mol. The van der Waals surface area contributed by atoms with Crippen molar-refractivity contribution in [2.75, 3.05) is 0 Å². The summed E-state index contributed by atoms with van der Waals surface area (Å²) in [4.78, 5) is 16.1. The minimum atomic E-state index is -0.155. The van der Waals surface area contributed by atoms with E-state index in [0.717, 1.165) is 11.8 Å². The van der Waals surface area contributed by atoms with Crippen LogP contribution in [0.2, 0.25) is 0 Å². The molecule has 2 fully saturated rings. The van der Waals surface area contributed by atoms with E-state index >= 15 is 0 Å². The topological polar surface area (TPSA) is 46.9 Å². The fourth-order valence-electron chi connectivity index (χ4n) is 2.45. The Kier molecular flexibility index (Phi) is 2.65. The van der Waals surface area contributed by atoms with Crippen LogP contribution in [-0.2, 0) is 4.79 Å². The molecule has 1 aromatic rings. The van der Waals surface area contributed by atoms with E-state index in [-0.39, 0.29) is 11.9 Å². The first-order chi connectivity index (χ1) is 8.25. The Morgan fingerprint density at radius 2 is 2.00 bits per heavy atom. The summed E-state index contributed by atoms with van der Waals surface area (Å²) in [5, 5.41) is 3.24. The van der Waals surface area contributed by atoms with Gasteiger partial charge < -0.3 is 9.88 Å². The standard InChI is InChI=1S/C13H19N3O/c1-9(16-7-6-14-8-16)13(17)15-12(10-2-3-10)11-4-5-11/h6-12H,2-5H2,1H3,(H,15,17)/t9-/m0/s1. The van der Waals surface area contributed by atoms with Gasteiger partial charge in [0.25, 0.3) is 0 Å². The zero-order chi connectivity index (χ0) is 11.8. The molecule has 2 aliphatic rings. The summed E-state index contributed by atoms with van der Waals surface area (Å²) >= 11 is 0. The number of rotatable bonds is 5. The Balaban J connectivity index is 1.61. The Bertz CT molecular complexity index is 381. The van der Waals surface area contributed by atoms with Crippen molar-refractivity contribution in [1.29, 1.82) is 0 Å². The van der Waals surface area contributed by atoms with Crippen molar-refractivity contribution in [3.05, 3.63) is 18.7 Å². The summed E-state index contributed by atoms with van der Waals surface area (Å²) in [5.41, 5.74) is 0. The molecule has 1 atom stereocenters. The maximum absolute atomic E-state index is 12.2. The molecule has 0 spiro atoms. The molecule has 3 rings (SSSR count). The molecule has 1 amide bonds. The van der Waals surface area contributed by atoms with Crippen molar-refractivity contribution in [3.63, 3.8) is 0 Å². The Labute approximate surface area is 101 Å². The average molecular weight is 233 g/mol. The molecule has 0 bridgehead atoms. The van der Waals surface area contributed by atoms with Crippen LogP contribution in [0.3, 0.4) is 0 Å². The van der Waals surface area contributed by atoms with Crippen molar-refractivity contribution in [3.8, 4) is 0 Å². The van der Waals surface area contributed by atoms with E-state index in [1.807, 2.05) is 17.7 Å². The molecule has 2 aliphatic carbocycles. The summed E-state index contributed by atoms with van der Waals surface area (Å²) in [6, 6.07) is 0.283. The summed E-state index contributed by atoms with van der Waals surface area (Å²) < 4.78 is 1.85. The number of nitrogens with one attached hydrogen (secondary N) is 1. The molecular weight excluding hydrogens is 214 g/mol. The number of amides is 1. The number of nitrogens with zero attached hydrogens (tertiary/aromatic N) is 2. The fourth-order valence-corrected chi connectivity index (χ4v) is 2.45. The van der Waals surface area contributed by atoms with Gasteiger partial charge in [0.05, 0.1) is 6.33 Å². The molecule has 17 heavy (non-hydrogen) atoms. The van der Waals surface area contributed by atoms with Crippen molar-refractivity contribution < 1.29 is 4.79 Å². The van der Waals surface area contributed by atoms with Crippen LogP contribution in [0.5, 0.6) is 0 Å². The van der Waals surface area contributed by atoms with Crippen molar-refractivity contribution >= 4 is 5.91 Å². The van der Waals surface area contributed by atoms with Gasteiger partial charge in [0.1, 0.15) is 6.04 Å². The summed E-state index contributed by atoms with van der Waals surface area (Å²) in [7, 11) is 0. The first-order valence-corrected chi connectivity index (χ1v) is 6.53. The van der Waals surface area contributed by atoms with Crippen LogP contribution in [0, 0.1) is 11.8 Å². The van der Waals surface area contributed by atoms with Crippen LogP contribution in [0.1, 0.15) is 38.6 Å². The van der Waals surface area contributed by atoms with E-state index in [4.69, 9.17) is 0 Å². The van der Waals surface area contributed by atoms with Crippen molar-refractivity contribution in [1.82, 2.24) is 14.9 Å². The highest BCUT2D eigenvalue weighted by Gasteiger charge is 2.42. The summed E-state index contributed by atoms with van der Waals surface area (Å²) in [6.45, 7) is 1.92. The Hall–Kier alpha value is -1.32.